The van der Waals surface area contributed by atoms with Gasteiger partial charge in [-0.25, -0.2) is 0 Å². The van der Waals surface area contributed by atoms with E-state index in [2.05, 4.69) is 65.2 Å². The number of hydrogen-bond acceptors (Lipinski definition) is 4. The molecule has 6 nitrogen and oxygen atoms in total. The second-order valence-electron chi connectivity index (χ2n) is 8.09. The van der Waals surface area contributed by atoms with Gasteiger partial charge < -0.3 is 19.9 Å². The Hall–Kier alpha value is -1.06. The molecule has 0 aliphatic carbocycles. The van der Waals surface area contributed by atoms with Crippen LogP contribution in [0.5, 0.6) is 5.75 Å². The van der Waals surface area contributed by atoms with Gasteiger partial charge in [-0.2, -0.15) is 0 Å². The van der Waals surface area contributed by atoms with Crippen molar-refractivity contribution in [1.29, 1.82) is 0 Å². The molecular weight excluding hydrogens is 477 g/mol. The van der Waals surface area contributed by atoms with Gasteiger partial charge in [0.15, 0.2) is 5.96 Å². The van der Waals surface area contributed by atoms with Crippen molar-refractivity contribution in [3.8, 4) is 5.75 Å². The summed E-state index contributed by atoms with van der Waals surface area (Å²) in [6.45, 7) is 12.9. The SMILES string of the molecule is CCNC(=NCC(C)N1CCN(C)CC1)N1CCC(c2ccc(OC)cc2)C1.I. The maximum atomic E-state index is 5.29. The van der Waals surface area contributed by atoms with Crippen LogP contribution in [0.25, 0.3) is 0 Å². The zero-order valence-corrected chi connectivity index (χ0v) is 20.8. The van der Waals surface area contributed by atoms with E-state index in [4.69, 9.17) is 9.73 Å². The van der Waals surface area contributed by atoms with Crippen LogP contribution < -0.4 is 10.1 Å². The van der Waals surface area contributed by atoms with E-state index in [9.17, 15) is 0 Å². The van der Waals surface area contributed by atoms with Crippen molar-refractivity contribution in [2.45, 2.75) is 32.2 Å². The number of nitrogens with zero attached hydrogens (tertiary/aromatic N) is 4. The van der Waals surface area contributed by atoms with E-state index in [1.165, 1.54) is 12.0 Å². The molecule has 2 aliphatic heterocycles. The fraction of sp³-hybridized carbons (Fsp3) is 0.682. The first-order chi connectivity index (χ1) is 13.6. The first kappa shape index (κ1) is 24.2. The van der Waals surface area contributed by atoms with Crippen molar-refractivity contribution in [2.75, 3.05) is 66.5 Å². The third-order valence-electron chi connectivity index (χ3n) is 6.08. The van der Waals surface area contributed by atoms with Crippen molar-refractivity contribution in [1.82, 2.24) is 20.0 Å². The fourth-order valence-electron chi connectivity index (χ4n) is 4.12. The quantitative estimate of drug-likeness (QED) is 0.359. The van der Waals surface area contributed by atoms with Crippen LogP contribution in [0.3, 0.4) is 0 Å². The minimum absolute atomic E-state index is 0. The van der Waals surface area contributed by atoms with E-state index in [0.29, 0.717) is 12.0 Å². The summed E-state index contributed by atoms with van der Waals surface area (Å²) < 4.78 is 5.29. The number of ether oxygens (including phenoxy) is 1. The highest BCUT2D eigenvalue weighted by Crippen LogP contribution is 2.28. The highest BCUT2D eigenvalue weighted by molar-refractivity contribution is 14.0. The Morgan fingerprint density at radius 2 is 1.86 bits per heavy atom. The molecular formula is C22H38IN5O. The summed E-state index contributed by atoms with van der Waals surface area (Å²) in [5, 5.41) is 3.51. The second kappa shape index (κ2) is 12.0. The number of likely N-dealkylation sites (tertiary alicyclic amines) is 1. The number of likely N-dealkylation sites (N-methyl/N-ethyl adjacent to an activating group) is 1. The molecule has 2 heterocycles. The summed E-state index contributed by atoms with van der Waals surface area (Å²) >= 11 is 0. The van der Waals surface area contributed by atoms with Gasteiger partial charge in [0, 0.05) is 57.8 Å². The van der Waals surface area contributed by atoms with E-state index in [1.807, 2.05) is 0 Å². The number of methoxy groups -OCH3 is 1. The zero-order chi connectivity index (χ0) is 19.9. The average Bonchev–Trinajstić information content (AvgIpc) is 3.21. The van der Waals surface area contributed by atoms with Gasteiger partial charge in [0.05, 0.1) is 13.7 Å². The first-order valence-corrected chi connectivity index (χ1v) is 10.7. The summed E-state index contributed by atoms with van der Waals surface area (Å²) in [6, 6.07) is 9.02. The summed E-state index contributed by atoms with van der Waals surface area (Å²) in [5.41, 5.74) is 1.39. The Labute approximate surface area is 193 Å². The zero-order valence-electron chi connectivity index (χ0n) is 18.4. The molecule has 1 aromatic rings. The number of guanidine groups is 1. The normalized spacial score (nSPS) is 22.3. The van der Waals surface area contributed by atoms with Crippen LogP contribution >= 0.6 is 24.0 Å². The molecule has 29 heavy (non-hydrogen) atoms. The summed E-state index contributed by atoms with van der Waals surface area (Å²) in [6.07, 6.45) is 1.17. The van der Waals surface area contributed by atoms with Crippen LogP contribution in [0.1, 0.15) is 31.7 Å². The summed E-state index contributed by atoms with van der Waals surface area (Å²) in [4.78, 5) is 12.4. The lowest BCUT2D eigenvalue weighted by Gasteiger charge is -2.36. The lowest BCUT2D eigenvalue weighted by atomic mass is 9.98. The number of halogens is 1. The molecule has 1 aromatic carbocycles. The maximum absolute atomic E-state index is 5.29. The average molecular weight is 515 g/mol. The van der Waals surface area contributed by atoms with Crippen molar-refractivity contribution in [3.05, 3.63) is 29.8 Å². The molecule has 0 amide bonds. The van der Waals surface area contributed by atoms with Crippen molar-refractivity contribution >= 4 is 29.9 Å². The Morgan fingerprint density at radius 1 is 1.17 bits per heavy atom. The van der Waals surface area contributed by atoms with Gasteiger partial charge in [0.2, 0.25) is 0 Å². The second-order valence-corrected chi connectivity index (χ2v) is 8.09. The van der Waals surface area contributed by atoms with Crippen LogP contribution in [-0.2, 0) is 0 Å². The molecule has 0 spiro atoms. The van der Waals surface area contributed by atoms with Crippen molar-refractivity contribution in [2.24, 2.45) is 4.99 Å². The fourth-order valence-corrected chi connectivity index (χ4v) is 4.12. The third kappa shape index (κ3) is 6.72. The number of aliphatic imine (C=N–C) groups is 1. The highest BCUT2D eigenvalue weighted by Gasteiger charge is 2.26. The molecule has 0 radical (unpaired) electrons. The Bertz CT molecular complexity index is 631. The van der Waals surface area contributed by atoms with Crippen LogP contribution in [-0.4, -0.2) is 93.2 Å². The standard InChI is InChI=1S/C22H37N5O.HI/c1-5-23-22(24-16-18(2)26-14-12-25(3)13-15-26)27-11-10-20(17-27)19-6-8-21(28-4)9-7-19;/h6-9,18,20H,5,10-17H2,1-4H3,(H,23,24);1H. The molecule has 0 saturated carbocycles. The Balaban J connectivity index is 0.00000300. The smallest absolute Gasteiger partial charge is 0.193 e. The Kier molecular flexibility index (Phi) is 9.98. The van der Waals surface area contributed by atoms with Gasteiger partial charge in [-0.15, -0.1) is 24.0 Å². The topological polar surface area (TPSA) is 43.3 Å². The number of nitrogens with one attached hydrogen (secondary N) is 1. The largest absolute Gasteiger partial charge is 0.497 e. The molecule has 2 atom stereocenters. The van der Waals surface area contributed by atoms with E-state index in [-0.39, 0.29) is 24.0 Å². The molecule has 3 rings (SSSR count). The van der Waals surface area contributed by atoms with Gasteiger partial charge in [0.1, 0.15) is 5.75 Å². The lowest BCUT2D eigenvalue weighted by molar-refractivity contribution is 0.122. The number of piperazine rings is 1. The maximum Gasteiger partial charge on any atom is 0.193 e. The molecule has 2 fully saturated rings. The van der Waals surface area contributed by atoms with Crippen LogP contribution in [0.2, 0.25) is 0 Å². The number of hydrogen-bond donors (Lipinski definition) is 1. The van der Waals surface area contributed by atoms with Gasteiger partial charge in [-0.3, -0.25) is 9.89 Å². The number of benzene rings is 1. The minimum Gasteiger partial charge on any atom is -0.497 e. The molecule has 7 heteroatoms. The van der Waals surface area contributed by atoms with E-state index in [0.717, 1.165) is 64.1 Å². The Morgan fingerprint density at radius 3 is 2.48 bits per heavy atom. The third-order valence-corrected chi connectivity index (χ3v) is 6.08. The lowest BCUT2D eigenvalue weighted by Crippen LogP contribution is -2.49. The molecule has 0 aromatic heterocycles. The van der Waals surface area contributed by atoms with Gasteiger partial charge in [-0.05, 0) is 45.0 Å². The number of rotatable bonds is 6. The summed E-state index contributed by atoms with van der Waals surface area (Å²) in [5.74, 6) is 2.55. The minimum atomic E-state index is 0. The predicted molar refractivity (Wildman–Crippen MR) is 132 cm³/mol. The molecule has 2 saturated heterocycles. The monoisotopic (exact) mass is 515 g/mol. The predicted octanol–water partition coefficient (Wildman–Crippen LogP) is 2.70. The van der Waals surface area contributed by atoms with Crippen LogP contribution in [0, 0.1) is 0 Å². The molecule has 2 aliphatic rings. The van der Waals surface area contributed by atoms with E-state index in [1.54, 1.807) is 7.11 Å². The molecule has 0 bridgehead atoms. The van der Waals surface area contributed by atoms with Crippen LogP contribution in [0.15, 0.2) is 29.3 Å². The van der Waals surface area contributed by atoms with Crippen molar-refractivity contribution in [3.63, 3.8) is 0 Å². The molecule has 164 valence electrons. The van der Waals surface area contributed by atoms with Crippen molar-refractivity contribution < 1.29 is 4.74 Å². The van der Waals surface area contributed by atoms with Gasteiger partial charge in [-0.1, -0.05) is 12.1 Å². The summed E-state index contributed by atoms with van der Waals surface area (Å²) in [7, 11) is 3.92. The van der Waals surface area contributed by atoms with Gasteiger partial charge >= 0.3 is 0 Å². The van der Waals surface area contributed by atoms with Gasteiger partial charge in [0.25, 0.3) is 0 Å². The van der Waals surface area contributed by atoms with E-state index < -0.39 is 0 Å². The highest BCUT2D eigenvalue weighted by atomic mass is 127. The molecule has 1 N–H and O–H groups in total. The first-order valence-electron chi connectivity index (χ1n) is 10.7. The van der Waals surface area contributed by atoms with E-state index >= 15 is 0 Å². The molecule has 2 unspecified atom stereocenters. The van der Waals surface area contributed by atoms with Crippen LogP contribution in [0.4, 0.5) is 0 Å².